The number of carbonyl (C=O) groups is 1. The van der Waals surface area contributed by atoms with Gasteiger partial charge in [-0.3, -0.25) is 14.6 Å². The zero-order valence-electron chi connectivity index (χ0n) is 11.8. The van der Waals surface area contributed by atoms with E-state index in [2.05, 4.69) is 5.10 Å². The number of hydrogen-bond acceptors (Lipinski definition) is 8. The average Bonchev–Trinajstić information content (AvgIpc) is 2.73. The number of aromatic nitrogens is 3. The minimum atomic E-state index is -1.58. The molecule has 1 aliphatic rings. The maximum absolute atomic E-state index is 11.6. The van der Waals surface area contributed by atoms with Crippen molar-refractivity contribution < 1.29 is 24.5 Å². The van der Waals surface area contributed by atoms with Crippen molar-refractivity contribution in [2.75, 3.05) is 6.61 Å². The van der Waals surface area contributed by atoms with Crippen LogP contribution in [-0.2, 0) is 14.3 Å². The number of aliphatic hydroxyl groups is 2. The number of hydrogen-bond donors (Lipinski definition) is 3. The Bertz CT molecular complexity index is 718. The van der Waals surface area contributed by atoms with Gasteiger partial charge in [-0.1, -0.05) is 13.8 Å². The highest BCUT2D eigenvalue weighted by molar-refractivity contribution is 5.71. The maximum atomic E-state index is 11.6. The molecule has 2 atom stereocenters. The van der Waals surface area contributed by atoms with Crippen molar-refractivity contribution >= 4 is 5.97 Å². The van der Waals surface area contributed by atoms with Gasteiger partial charge in [0.25, 0.3) is 5.56 Å². The molecule has 0 spiro atoms. The first-order chi connectivity index (χ1) is 10.3. The highest BCUT2D eigenvalue weighted by Crippen LogP contribution is 2.29. The zero-order chi connectivity index (χ0) is 16.4. The number of nitrogens with zero attached hydrogens (tertiary/aromatic N) is 2. The highest BCUT2D eigenvalue weighted by Gasteiger charge is 2.38. The van der Waals surface area contributed by atoms with Crippen molar-refractivity contribution in [1.82, 2.24) is 14.8 Å². The molecule has 2 heterocycles. The summed E-state index contributed by atoms with van der Waals surface area (Å²) >= 11 is 0. The summed E-state index contributed by atoms with van der Waals surface area (Å²) < 4.78 is 10.8. The van der Waals surface area contributed by atoms with Crippen LogP contribution in [0.25, 0.3) is 0 Å². The van der Waals surface area contributed by atoms with Crippen LogP contribution in [0.4, 0.5) is 0 Å². The van der Waals surface area contributed by atoms with Crippen molar-refractivity contribution in [2.45, 2.75) is 26.2 Å². The summed E-state index contributed by atoms with van der Waals surface area (Å²) in [6.07, 6.45) is -2.12. The summed E-state index contributed by atoms with van der Waals surface area (Å²) in [4.78, 5) is 35.9. The van der Waals surface area contributed by atoms with Crippen LogP contribution in [0, 0.1) is 5.92 Å². The van der Waals surface area contributed by atoms with Crippen LogP contribution in [0.5, 0.6) is 0 Å². The average molecular weight is 313 g/mol. The Hall–Kier alpha value is -2.62. The Balaban J connectivity index is 2.15. The molecule has 0 fully saturated rings. The van der Waals surface area contributed by atoms with Crippen molar-refractivity contribution in [3.05, 3.63) is 38.6 Å². The van der Waals surface area contributed by atoms with Crippen molar-refractivity contribution in [3.8, 4) is 0 Å². The van der Waals surface area contributed by atoms with Gasteiger partial charge in [0.15, 0.2) is 24.2 Å². The Morgan fingerprint density at radius 1 is 1.55 bits per heavy atom. The van der Waals surface area contributed by atoms with Crippen LogP contribution in [0.3, 0.4) is 0 Å². The first-order valence-corrected chi connectivity index (χ1v) is 6.42. The normalized spacial score (nSPS) is 21.1. The van der Waals surface area contributed by atoms with Crippen molar-refractivity contribution in [1.29, 1.82) is 0 Å². The standard InChI is InChI=1S/C12H15N3O7/c1-5(2)11(19)21-4-6-8(17)9(18)10(22-6)15-12(20)14-7(16)3-13-15/h3,5,9-10,17-18H,4H2,1-2H3,(H,14,16,20)/t9?,10-/m1/s1. The van der Waals surface area contributed by atoms with Gasteiger partial charge >= 0.3 is 11.7 Å². The van der Waals surface area contributed by atoms with Gasteiger partial charge in [-0.2, -0.15) is 9.78 Å². The second-order valence-corrected chi connectivity index (χ2v) is 4.91. The minimum absolute atomic E-state index is 0.189. The van der Waals surface area contributed by atoms with Gasteiger partial charge in [0.05, 0.1) is 5.92 Å². The number of esters is 1. The molecule has 10 heteroatoms. The Labute approximate surface area is 123 Å². The molecule has 0 radical (unpaired) electrons. The molecule has 10 nitrogen and oxygen atoms in total. The molecular weight excluding hydrogens is 298 g/mol. The number of aliphatic hydroxyl groups excluding tert-OH is 2. The van der Waals surface area contributed by atoms with E-state index in [4.69, 9.17) is 9.47 Å². The summed E-state index contributed by atoms with van der Waals surface area (Å²) in [6, 6.07) is 0. The van der Waals surface area contributed by atoms with E-state index in [0.717, 1.165) is 6.20 Å². The predicted molar refractivity (Wildman–Crippen MR) is 70.7 cm³/mol. The third kappa shape index (κ3) is 3.01. The summed E-state index contributed by atoms with van der Waals surface area (Å²) in [5.74, 6) is -1.64. The molecule has 0 amide bonds. The minimum Gasteiger partial charge on any atom is -0.506 e. The molecule has 1 aromatic rings. The topological polar surface area (TPSA) is 144 Å². The quantitative estimate of drug-likeness (QED) is 0.587. The molecule has 1 unspecified atom stereocenters. The lowest BCUT2D eigenvalue weighted by Crippen LogP contribution is -2.38. The van der Waals surface area contributed by atoms with E-state index in [1.54, 1.807) is 13.8 Å². The number of ether oxygens (including phenoxy) is 2. The van der Waals surface area contributed by atoms with Crippen LogP contribution in [0.2, 0.25) is 0 Å². The predicted octanol–water partition coefficient (Wildman–Crippen LogP) is -1.21. The van der Waals surface area contributed by atoms with Crippen LogP contribution < -0.4 is 11.2 Å². The highest BCUT2D eigenvalue weighted by atomic mass is 16.6. The number of aromatic amines is 1. The van der Waals surface area contributed by atoms with Crippen molar-refractivity contribution in [3.63, 3.8) is 0 Å². The molecule has 120 valence electrons. The van der Waals surface area contributed by atoms with E-state index >= 15 is 0 Å². The molecule has 0 saturated heterocycles. The van der Waals surface area contributed by atoms with E-state index in [1.807, 2.05) is 4.98 Å². The van der Waals surface area contributed by atoms with Crippen LogP contribution in [-0.4, -0.2) is 43.7 Å². The fourth-order valence-corrected chi connectivity index (χ4v) is 1.71. The fourth-order valence-electron chi connectivity index (χ4n) is 1.71. The first-order valence-electron chi connectivity index (χ1n) is 6.42. The molecule has 3 N–H and O–H groups in total. The molecular formula is C12H15N3O7. The number of H-pyrrole nitrogens is 1. The zero-order valence-corrected chi connectivity index (χ0v) is 11.8. The third-order valence-corrected chi connectivity index (χ3v) is 2.89. The SMILES string of the molecule is CC(C)C(=O)OCC1=C(O)C(O)[C@H](n2ncc(=O)[nH]c2=O)O1. The molecule has 22 heavy (non-hydrogen) atoms. The Kier molecular flexibility index (Phi) is 4.31. The molecule has 1 aliphatic heterocycles. The monoisotopic (exact) mass is 313 g/mol. The first kappa shape index (κ1) is 15.8. The van der Waals surface area contributed by atoms with E-state index < -0.39 is 41.9 Å². The fraction of sp³-hybridized carbons (Fsp3) is 0.500. The van der Waals surface area contributed by atoms with Gasteiger partial charge in [0, 0.05) is 0 Å². The summed E-state index contributed by atoms with van der Waals surface area (Å²) in [5, 5.41) is 23.2. The Morgan fingerprint density at radius 3 is 2.82 bits per heavy atom. The number of nitrogens with one attached hydrogen (secondary N) is 1. The number of carbonyl (C=O) groups excluding carboxylic acids is 1. The number of rotatable bonds is 4. The molecule has 0 aromatic carbocycles. The lowest BCUT2D eigenvalue weighted by atomic mass is 10.2. The van der Waals surface area contributed by atoms with Gasteiger partial charge in [-0.15, -0.1) is 0 Å². The smallest absolute Gasteiger partial charge is 0.348 e. The van der Waals surface area contributed by atoms with E-state index in [-0.39, 0.29) is 11.7 Å². The molecule has 1 aromatic heterocycles. The molecule has 2 rings (SSSR count). The van der Waals surface area contributed by atoms with E-state index in [0.29, 0.717) is 4.68 Å². The summed E-state index contributed by atoms with van der Waals surface area (Å²) in [7, 11) is 0. The lowest BCUT2D eigenvalue weighted by molar-refractivity contribution is -0.147. The second kappa shape index (κ2) is 6.02. The van der Waals surface area contributed by atoms with Crippen LogP contribution in [0.15, 0.2) is 27.3 Å². The molecule has 0 saturated carbocycles. The van der Waals surface area contributed by atoms with Gasteiger partial charge in [0.2, 0.25) is 6.23 Å². The second-order valence-electron chi connectivity index (χ2n) is 4.91. The van der Waals surface area contributed by atoms with Gasteiger partial charge in [0.1, 0.15) is 6.20 Å². The maximum Gasteiger partial charge on any atom is 0.348 e. The van der Waals surface area contributed by atoms with E-state index in [1.165, 1.54) is 0 Å². The summed E-state index contributed by atoms with van der Waals surface area (Å²) in [6.45, 7) is 2.87. The summed E-state index contributed by atoms with van der Waals surface area (Å²) in [5.41, 5.74) is -1.62. The van der Waals surface area contributed by atoms with E-state index in [9.17, 15) is 24.6 Å². The largest absolute Gasteiger partial charge is 0.506 e. The molecule has 0 bridgehead atoms. The van der Waals surface area contributed by atoms with Crippen LogP contribution >= 0.6 is 0 Å². The Morgan fingerprint density at radius 2 is 2.23 bits per heavy atom. The van der Waals surface area contributed by atoms with Gasteiger partial charge in [-0.05, 0) is 0 Å². The van der Waals surface area contributed by atoms with Crippen molar-refractivity contribution in [2.24, 2.45) is 5.92 Å². The van der Waals surface area contributed by atoms with Gasteiger partial charge < -0.3 is 19.7 Å². The lowest BCUT2D eigenvalue weighted by Gasteiger charge is -2.16. The van der Waals surface area contributed by atoms with Crippen LogP contribution in [0.1, 0.15) is 20.1 Å². The molecule has 0 aliphatic carbocycles. The third-order valence-electron chi connectivity index (χ3n) is 2.89. The van der Waals surface area contributed by atoms with Gasteiger partial charge in [-0.25, -0.2) is 4.79 Å².